The Kier molecular flexibility index (Phi) is 6.37. The highest BCUT2D eigenvalue weighted by Gasteiger charge is 2.20. The van der Waals surface area contributed by atoms with Gasteiger partial charge in [-0.1, -0.05) is 20.8 Å². The van der Waals surface area contributed by atoms with E-state index in [0.29, 0.717) is 0 Å². The van der Waals surface area contributed by atoms with Gasteiger partial charge in [0.1, 0.15) is 0 Å². The van der Waals surface area contributed by atoms with Crippen molar-refractivity contribution >= 4 is 0 Å². The van der Waals surface area contributed by atoms with E-state index < -0.39 is 0 Å². The van der Waals surface area contributed by atoms with Gasteiger partial charge in [-0.3, -0.25) is 0 Å². The lowest BCUT2D eigenvalue weighted by Crippen LogP contribution is -2.36. The number of nitrogens with zero attached hydrogens (tertiary/aromatic N) is 1. The smallest absolute Gasteiger partial charge is 0.00682 e. The molecule has 1 aliphatic rings. The molecule has 0 saturated heterocycles. The zero-order chi connectivity index (χ0) is 12.0. The maximum absolute atomic E-state index is 3.59. The first-order valence-corrected chi connectivity index (χ1v) is 7.11. The molecule has 0 heterocycles. The van der Waals surface area contributed by atoms with Crippen molar-refractivity contribution in [1.82, 2.24) is 10.2 Å². The van der Waals surface area contributed by atoms with Crippen LogP contribution >= 0.6 is 0 Å². The molecular weight excluding hydrogens is 196 g/mol. The molecule has 1 rings (SSSR count). The molecular formula is C14H30N2. The van der Waals surface area contributed by atoms with Crippen LogP contribution < -0.4 is 5.32 Å². The predicted molar refractivity (Wildman–Crippen MR) is 71.8 cm³/mol. The van der Waals surface area contributed by atoms with E-state index in [-0.39, 0.29) is 0 Å². The van der Waals surface area contributed by atoms with Crippen molar-refractivity contribution in [1.29, 1.82) is 0 Å². The van der Waals surface area contributed by atoms with Gasteiger partial charge in [0.15, 0.2) is 0 Å². The minimum atomic E-state index is 0.744. The Morgan fingerprint density at radius 2 is 1.94 bits per heavy atom. The monoisotopic (exact) mass is 226 g/mol. The molecule has 1 atom stereocenters. The lowest BCUT2D eigenvalue weighted by Gasteiger charge is -2.29. The largest absolute Gasteiger partial charge is 0.314 e. The minimum absolute atomic E-state index is 0.744. The van der Waals surface area contributed by atoms with Crippen molar-refractivity contribution < 1.29 is 0 Å². The van der Waals surface area contributed by atoms with E-state index in [0.717, 1.165) is 18.0 Å². The van der Waals surface area contributed by atoms with Gasteiger partial charge in [-0.05, 0) is 51.6 Å². The van der Waals surface area contributed by atoms with Gasteiger partial charge in [0.25, 0.3) is 0 Å². The van der Waals surface area contributed by atoms with Gasteiger partial charge in [-0.25, -0.2) is 0 Å². The maximum atomic E-state index is 3.59. The summed E-state index contributed by atoms with van der Waals surface area (Å²) in [5.74, 6) is 0.784. The van der Waals surface area contributed by atoms with Crippen molar-refractivity contribution in [3.63, 3.8) is 0 Å². The number of rotatable bonds is 9. The summed E-state index contributed by atoms with van der Waals surface area (Å²) in [7, 11) is 0. The van der Waals surface area contributed by atoms with Crippen molar-refractivity contribution in [3.05, 3.63) is 0 Å². The zero-order valence-electron chi connectivity index (χ0n) is 11.6. The van der Waals surface area contributed by atoms with Gasteiger partial charge < -0.3 is 10.2 Å². The average Bonchev–Trinajstić information content (AvgIpc) is 3.04. The van der Waals surface area contributed by atoms with Gasteiger partial charge in [0, 0.05) is 18.6 Å². The van der Waals surface area contributed by atoms with Crippen LogP contribution in [-0.2, 0) is 0 Å². The van der Waals surface area contributed by atoms with Crippen LogP contribution in [0, 0.1) is 5.92 Å². The molecule has 1 saturated carbocycles. The Hall–Kier alpha value is -0.0800. The molecule has 1 fully saturated rings. The Morgan fingerprint density at radius 3 is 2.44 bits per heavy atom. The van der Waals surface area contributed by atoms with Crippen molar-refractivity contribution in [2.24, 2.45) is 5.92 Å². The van der Waals surface area contributed by atoms with Gasteiger partial charge in [0.2, 0.25) is 0 Å². The molecule has 0 aromatic rings. The zero-order valence-corrected chi connectivity index (χ0v) is 11.6. The number of nitrogens with one attached hydrogen (secondary N) is 1. The first-order chi connectivity index (χ1) is 7.63. The van der Waals surface area contributed by atoms with Crippen LogP contribution in [-0.4, -0.2) is 36.6 Å². The number of hydrogen-bond acceptors (Lipinski definition) is 2. The molecule has 2 nitrogen and oxygen atoms in total. The van der Waals surface area contributed by atoms with Crippen molar-refractivity contribution in [2.45, 2.75) is 65.5 Å². The molecule has 1 N–H and O–H groups in total. The van der Waals surface area contributed by atoms with E-state index in [1.54, 1.807) is 0 Å². The molecule has 0 spiro atoms. The minimum Gasteiger partial charge on any atom is -0.314 e. The van der Waals surface area contributed by atoms with E-state index in [9.17, 15) is 0 Å². The molecule has 0 bridgehead atoms. The summed E-state index contributed by atoms with van der Waals surface area (Å²) in [6.45, 7) is 12.9. The van der Waals surface area contributed by atoms with Gasteiger partial charge in [-0.2, -0.15) is 0 Å². The Labute approximate surface area is 102 Å². The van der Waals surface area contributed by atoms with Crippen LogP contribution in [0.3, 0.4) is 0 Å². The van der Waals surface area contributed by atoms with E-state index >= 15 is 0 Å². The topological polar surface area (TPSA) is 15.3 Å². The van der Waals surface area contributed by atoms with Crippen molar-refractivity contribution in [3.8, 4) is 0 Å². The normalized spacial score (nSPS) is 18.4. The predicted octanol–water partition coefficient (Wildman–Crippen LogP) is 2.89. The third kappa shape index (κ3) is 5.86. The van der Waals surface area contributed by atoms with E-state index in [2.05, 4.69) is 37.9 Å². The third-order valence-electron chi connectivity index (χ3n) is 3.44. The molecule has 0 aromatic carbocycles. The lowest BCUT2D eigenvalue weighted by molar-refractivity contribution is 0.185. The molecule has 0 aromatic heterocycles. The molecule has 0 aliphatic heterocycles. The highest BCUT2D eigenvalue weighted by Crippen LogP contribution is 2.18. The highest BCUT2D eigenvalue weighted by molar-refractivity contribution is 4.80. The maximum Gasteiger partial charge on any atom is 0.00682 e. The Morgan fingerprint density at radius 1 is 1.25 bits per heavy atom. The van der Waals surface area contributed by atoms with Gasteiger partial charge in [0.05, 0.1) is 0 Å². The summed E-state index contributed by atoms with van der Waals surface area (Å²) < 4.78 is 0. The van der Waals surface area contributed by atoms with E-state index in [4.69, 9.17) is 0 Å². The summed E-state index contributed by atoms with van der Waals surface area (Å²) in [5.41, 5.74) is 0. The fourth-order valence-corrected chi connectivity index (χ4v) is 2.26. The van der Waals surface area contributed by atoms with Gasteiger partial charge >= 0.3 is 0 Å². The summed E-state index contributed by atoms with van der Waals surface area (Å²) >= 11 is 0. The van der Waals surface area contributed by atoms with Crippen LogP contribution in [0.15, 0.2) is 0 Å². The second-order valence-corrected chi connectivity index (χ2v) is 5.70. The Balaban J connectivity index is 2.07. The molecule has 16 heavy (non-hydrogen) atoms. The van der Waals surface area contributed by atoms with Crippen LogP contribution in [0.25, 0.3) is 0 Å². The lowest BCUT2D eigenvalue weighted by atomic mass is 10.1. The van der Waals surface area contributed by atoms with Crippen LogP contribution in [0.1, 0.15) is 53.4 Å². The van der Waals surface area contributed by atoms with E-state index in [1.807, 2.05) is 0 Å². The highest BCUT2D eigenvalue weighted by atomic mass is 15.1. The second kappa shape index (κ2) is 7.29. The van der Waals surface area contributed by atoms with Crippen LogP contribution in [0.4, 0.5) is 0 Å². The summed E-state index contributed by atoms with van der Waals surface area (Å²) in [5, 5.41) is 3.59. The quantitative estimate of drug-likeness (QED) is 0.608. The standard InChI is InChI=1S/C14H30N2/c1-5-16(11-12(2)3)13(4)7-6-10-15-14-8-9-14/h12-15H,5-11H2,1-4H3. The molecule has 0 amide bonds. The van der Waals surface area contributed by atoms with Crippen LogP contribution in [0.5, 0.6) is 0 Å². The van der Waals surface area contributed by atoms with Crippen LogP contribution in [0.2, 0.25) is 0 Å². The molecule has 1 unspecified atom stereocenters. The van der Waals surface area contributed by atoms with Crippen molar-refractivity contribution in [2.75, 3.05) is 19.6 Å². The summed E-state index contributed by atoms with van der Waals surface area (Å²) in [4.78, 5) is 2.61. The second-order valence-electron chi connectivity index (χ2n) is 5.70. The number of hydrogen-bond donors (Lipinski definition) is 1. The fourth-order valence-electron chi connectivity index (χ4n) is 2.26. The van der Waals surface area contributed by atoms with E-state index in [1.165, 1.54) is 45.3 Å². The fraction of sp³-hybridized carbons (Fsp3) is 1.00. The first-order valence-electron chi connectivity index (χ1n) is 7.11. The molecule has 1 aliphatic carbocycles. The third-order valence-corrected chi connectivity index (χ3v) is 3.44. The van der Waals surface area contributed by atoms with Gasteiger partial charge in [-0.15, -0.1) is 0 Å². The first kappa shape index (κ1) is 14.0. The molecule has 96 valence electrons. The SMILES string of the molecule is CCN(CC(C)C)C(C)CCCNC1CC1. The summed E-state index contributed by atoms with van der Waals surface area (Å²) in [6.07, 6.45) is 5.47. The summed E-state index contributed by atoms with van der Waals surface area (Å²) in [6, 6.07) is 1.61. The Bertz CT molecular complexity index is 176. The molecule has 2 heteroatoms. The average molecular weight is 226 g/mol. The molecule has 0 radical (unpaired) electrons.